The Labute approximate surface area is 93.5 Å². The molecule has 0 saturated carbocycles. The molecule has 0 amide bonds. The van der Waals surface area contributed by atoms with E-state index in [4.69, 9.17) is 0 Å². The summed E-state index contributed by atoms with van der Waals surface area (Å²) in [6.45, 7) is 0. The summed E-state index contributed by atoms with van der Waals surface area (Å²) in [6, 6.07) is 4.04. The van der Waals surface area contributed by atoms with E-state index in [1.807, 2.05) is 0 Å². The fourth-order valence-electron chi connectivity index (χ4n) is 1.58. The van der Waals surface area contributed by atoms with Gasteiger partial charge in [-0.15, -0.1) is 11.3 Å². The van der Waals surface area contributed by atoms with E-state index in [0.717, 1.165) is 17.4 Å². The Bertz CT molecular complexity index is 527. The predicted octanol–water partition coefficient (Wildman–Crippen LogP) is 3.66. The summed E-state index contributed by atoms with van der Waals surface area (Å²) < 4.78 is 38.2. The zero-order valence-electron chi connectivity index (χ0n) is 8.04. The molecule has 0 radical (unpaired) electrons. The zero-order chi connectivity index (χ0) is 11.8. The molecule has 0 N–H and O–H groups in total. The Morgan fingerprint density at radius 2 is 2.06 bits per heavy atom. The molecule has 0 fully saturated rings. The maximum atomic E-state index is 12.7. The number of rotatable bonds is 2. The molecule has 0 aliphatic heterocycles. The first-order valence-electron chi connectivity index (χ1n) is 4.54. The van der Waals surface area contributed by atoms with Gasteiger partial charge in [0, 0.05) is 11.1 Å². The van der Waals surface area contributed by atoms with Crippen molar-refractivity contribution in [3.63, 3.8) is 0 Å². The summed E-state index contributed by atoms with van der Waals surface area (Å²) in [7, 11) is 0. The van der Waals surface area contributed by atoms with Gasteiger partial charge in [0.25, 0.3) is 0 Å². The quantitative estimate of drug-likeness (QED) is 0.737. The molecule has 0 atom stereocenters. The molecule has 0 unspecified atom stereocenters. The van der Waals surface area contributed by atoms with Gasteiger partial charge in [0.15, 0.2) is 0 Å². The first kappa shape index (κ1) is 11.1. The molecular weight excluding hydrogens is 237 g/mol. The van der Waals surface area contributed by atoms with Crippen molar-refractivity contribution < 1.29 is 18.0 Å². The van der Waals surface area contributed by atoms with Crippen molar-refractivity contribution >= 4 is 27.7 Å². The van der Waals surface area contributed by atoms with Crippen LogP contribution < -0.4 is 0 Å². The van der Waals surface area contributed by atoms with Gasteiger partial charge in [-0.2, -0.15) is 13.2 Å². The molecule has 0 aliphatic rings. The molecule has 1 aromatic carbocycles. The Morgan fingerprint density at radius 1 is 1.31 bits per heavy atom. The minimum absolute atomic E-state index is 0.154. The molecule has 2 aromatic rings. The van der Waals surface area contributed by atoms with Gasteiger partial charge in [-0.05, 0) is 22.4 Å². The van der Waals surface area contributed by atoms with Crippen LogP contribution in [-0.4, -0.2) is 6.29 Å². The highest BCUT2D eigenvalue weighted by atomic mass is 32.1. The standard InChI is InChI=1S/C11H7F3OS/c12-11(13,14)9-3-1-2-8-7(4-5-15)6-16-10(8)9/h1-3,5-6H,4H2. The molecule has 1 nitrogen and oxygen atoms in total. The molecule has 5 heteroatoms. The van der Waals surface area contributed by atoms with Gasteiger partial charge in [0.1, 0.15) is 6.29 Å². The summed E-state index contributed by atoms with van der Waals surface area (Å²) in [4.78, 5) is 10.4. The summed E-state index contributed by atoms with van der Waals surface area (Å²) in [6.07, 6.45) is -3.49. The molecule has 0 aliphatic carbocycles. The SMILES string of the molecule is O=CCc1csc2c(C(F)(F)F)cccc12. The number of hydrogen-bond donors (Lipinski definition) is 0. The van der Waals surface area contributed by atoms with Crippen LogP contribution in [0, 0.1) is 0 Å². The van der Waals surface area contributed by atoms with Crippen molar-refractivity contribution in [3.8, 4) is 0 Å². The molecular formula is C11H7F3OS. The van der Waals surface area contributed by atoms with Gasteiger partial charge >= 0.3 is 6.18 Å². The lowest BCUT2D eigenvalue weighted by molar-refractivity contribution is -0.136. The third-order valence-corrected chi connectivity index (χ3v) is 3.37. The Kier molecular flexibility index (Phi) is 2.71. The van der Waals surface area contributed by atoms with E-state index < -0.39 is 11.7 Å². The number of halogens is 3. The Hall–Kier alpha value is -1.36. The number of alkyl halides is 3. The van der Waals surface area contributed by atoms with Gasteiger partial charge < -0.3 is 4.79 Å². The fraction of sp³-hybridized carbons (Fsp3) is 0.182. The molecule has 0 bridgehead atoms. The molecule has 0 spiro atoms. The van der Waals surface area contributed by atoms with E-state index >= 15 is 0 Å². The van der Waals surface area contributed by atoms with Crippen LogP contribution in [0.5, 0.6) is 0 Å². The lowest BCUT2D eigenvalue weighted by atomic mass is 10.1. The van der Waals surface area contributed by atoms with Crippen molar-refractivity contribution in [3.05, 3.63) is 34.7 Å². The zero-order valence-corrected chi connectivity index (χ0v) is 8.86. The highest BCUT2D eigenvalue weighted by molar-refractivity contribution is 7.17. The second kappa shape index (κ2) is 3.90. The lowest BCUT2D eigenvalue weighted by Crippen LogP contribution is -2.04. The minimum Gasteiger partial charge on any atom is -0.303 e. The van der Waals surface area contributed by atoms with E-state index in [1.54, 1.807) is 11.4 Å². The van der Waals surface area contributed by atoms with E-state index in [0.29, 0.717) is 17.2 Å². The Morgan fingerprint density at radius 3 is 2.69 bits per heavy atom. The van der Waals surface area contributed by atoms with E-state index in [-0.39, 0.29) is 11.1 Å². The number of carbonyl (C=O) groups excluding carboxylic acids is 1. The third-order valence-electron chi connectivity index (χ3n) is 2.29. The lowest BCUT2D eigenvalue weighted by Gasteiger charge is -2.07. The summed E-state index contributed by atoms with van der Waals surface area (Å²) in [5.74, 6) is 0. The minimum atomic E-state index is -4.34. The molecule has 0 saturated heterocycles. The smallest absolute Gasteiger partial charge is 0.303 e. The average Bonchev–Trinajstić information content (AvgIpc) is 2.61. The number of carbonyl (C=O) groups is 1. The largest absolute Gasteiger partial charge is 0.417 e. The number of benzene rings is 1. The Balaban J connectivity index is 2.66. The maximum Gasteiger partial charge on any atom is 0.417 e. The van der Waals surface area contributed by atoms with Crippen LogP contribution in [0.3, 0.4) is 0 Å². The first-order valence-corrected chi connectivity index (χ1v) is 5.42. The second-order valence-electron chi connectivity index (χ2n) is 3.31. The maximum absolute atomic E-state index is 12.7. The van der Waals surface area contributed by atoms with E-state index in [1.165, 1.54) is 6.07 Å². The monoisotopic (exact) mass is 244 g/mol. The number of hydrogen-bond acceptors (Lipinski definition) is 2. The van der Waals surface area contributed by atoms with Crippen molar-refractivity contribution in [1.29, 1.82) is 0 Å². The van der Waals surface area contributed by atoms with Crippen LogP contribution in [0.2, 0.25) is 0 Å². The molecule has 84 valence electrons. The number of aldehydes is 1. The first-order chi connectivity index (χ1) is 7.54. The molecule has 16 heavy (non-hydrogen) atoms. The highest BCUT2D eigenvalue weighted by Gasteiger charge is 2.33. The average molecular weight is 244 g/mol. The number of fused-ring (bicyclic) bond motifs is 1. The third kappa shape index (κ3) is 1.82. The summed E-state index contributed by atoms with van der Waals surface area (Å²) in [5.41, 5.74) is 0.0215. The molecule has 1 heterocycles. The van der Waals surface area contributed by atoms with E-state index in [2.05, 4.69) is 0 Å². The van der Waals surface area contributed by atoms with Crippen molar-refractivity contribution in [1.82, 2.24) is 0 Å². The van der Waals surface area contributed by atoms with Crippen LogP contribution >= 0.6 is 11.3 Å². The van der Waals surface area contributed by atoms with Crippen LogP contribution in [-0.2, 0) is 17.4 Å². The highest BCUT2D eigenvalue weighted by Crippen LogP contribution is 2.38. The fourth-order valence-corrected chi connectivity index (χ4v) is 2.70. The normalized spacial score (nSPS) is 11.9. The molecule has 1 aromatic heterocycles. The van der Waals surface area contributed by atoms with Gasteiger partial charge in [-0.1, -0.05) is 12.1 Å². The van der Waals surface area contributed by atoms with E-state index in [9.17, 15) is 18.0 Å². The predicted molar refractivity (Wildman–Crippen MR) is 56.6 cm³/mol. The van der Waals surface area contributed by atoms with Crippen LogP contribution in [0.25, 0.3) is 10.1 Å². The second-order valence-corrected chi connectivity index (χ2v) is 4.19. The number of thiophene rings is 1. The summed E-state index contributed by atoms with van der Waals surface area (Å²) >= 11 is 1.03. The van der Waals surface area contributed by atoms with Gasteiger partial charge in [-0.3, -0.25) is 0 Å². The topological polar surface area (TPSA) is 17.1 Å². The molecule has 2 rings (SSSR count). The van der Waals surface area contributed by atoms with Gasteiger partial charge in [0.05, 0.1) is 5.56 Å². The van der Waals surface area contributed by atoms with Crippen LogP contribution in [0.15, 0.2) is 23.6 Å². The summed E-state index contributed by atoms with van der Waals surface area (Å²) in [5, 5.41) is 2.13. The van der Waals surface area contributed by atoms with Crippen molar-refractivity contribution in [2.24, 2.45) is 0 Å². The van der Waals surface area contributed by atoms with Crippen molar-refractivity contribution in [2.75, 3.05) is 0 Å². The van der Waals surface area contributed by atoms with Gasteiger partial charge in [0.2, 0.25) is 0 Å². The van der Waals surface area contributed by atoms with Crippen LogP contribution in [0.4, 0.5) is 13.2 Å². The van der Waals surface area contributed by atoms with Crippen molar-refractivity contribution in [2.45, 2.75) is 12.6 Å². The van der Waals surface area contributed by atoms with Crippen LogP contribution in [0.1, 0.15) is 11.1 Å². The van der Waals surface area contributed by atoms with Gasteiger partial charge in [-0.25, -0.2) is 0 Å².